The summed E-state index contributed by atoms with van der Waals surface area (Å²) in [6.07, 6.45) is 2.83. The molecule has 0 saturated carbocycles. The van der Waals surface area contributed by atoms with Crippen LogP contribution in [-0.2, 0) is 4.43 Å². The highest BCUT2D eigenvalue weighted by Crippen LogP contribution is 2.29. The van der Waals surface area contributed by atoms with Crippen molar-refractivity contribution < 1.29 is 4.43 Å². The highest BCUT2D eigenvalue weighted by Gasteiger charge is 2.31. The summed E-state index contributed by atoms with van der Waals surface area (Å²) in [5.74, 6) is 0. The SMILES string of the molecule is CO[Si]1(C)CCCC1. The fourth-order valence-corrected chi connectivity index (χ4v) is 3.98. The van der Waals surface area contributed by atoms with Crippen LogP contribution in [0.3, 0.4) is 0 Å². The maximum atomic E-state index is 5.44. The van der Waals surface area contributed by atoms with Gasteiger partial charge in [0.05, 0.1) is 0 Å². The first-order valence-corrected chi connectivity index (χ1v) is 6.14. The molecule has 0 bridgehead atoms. The molecule has 1 rings (SSSR count). The lowest BCUT2D eigenvalue weighted by Crippen LogP contribution is -2.27. The van der Waals surface area contributed by atoms with E-state index in [9.17, 15) is 0 Å². The van der Waals surface area contributed by atoms with E-state index in [1.807, 2.05) is 7.11 Å². The quantitative estimate of drug-likeness (QED) is 0.493. The second kappa shape index (κ2) is 2.19. The van der Waals surface area contributed by atoms with Crippen molar-refractivity contribution in [3.63, 3.8) is 0 Å². The van der Waals surface area contributed by atoms with Crippen LogP contribution >= 0.6 is 0 Å². The molecule has 0 spiro atoms. The van der Waals surface area contributed by atoms with Crippen LogP contribution in [-0.4, -0.2) is 15.4 Å². The zero-order valence-corrected chi connectivity index (χ0v) is 6.74. The average Bonchev–Trinajstić information content (AvgIpc) is 2.17. The molecule has 0 aromatic heterocycles. The Kier molecular flexibility index (Phi) is 1.73. The summed E-state index contributed by atoms with van der Waals surface area (Å²) in [5, 5.41) is 0. The van der Waals surface area contributed by atoms with Crippen LogP contribution in [0.5, 0.6) is 0 Å². The summed E-state index contributed by atoms with van der Waals surface area (Å²) >= 11 is 0. The largest absolute Gasteiger partial charge is 0.420 e. The molecular formula is C6H14OSi. The number of hydrogen-bond donors (Lipinski definition) is 0. The van der Waals surface area contributed by atoms with Gasteiger partial charge in [-0.05, 0) is 18.6 Å². The Hall–Kier alpha value is 0.177. The molecule has 0 aromatic carbocycles. The summed E-state index contributed by atoms with van der Waals surface area (Å²) in [6.45, 7) is 2.33. The molecule has 2 heteroatoms. The molecule has 1 aliphatic rings. The van der Waals surface area contributed by atoms with E-state index < -0.39 is 8.32 Å². The minimum absolute atomic E-state index is 1.06. The molecule has 1 aliphatic heterocycles. The first kappa shape index (κ1) is 6.30. The molecular weight excluding hydrogens is 116 g/mol. The van der Waals surface area contributed by atoms with Gasteiger partial charge < -0.3 is 4.43 Å². The standard InChI is InChI=1S/C6H14OSi/c1-7-8(2)5-3-4-6-8/h3-6H2,1-2H3. The normalized spacial score (nSPS) is 26.2. The van der Waals surface area contributed by atoms with Gasteiger partial charge in [-0.3, -0.25) is 0 Å². The monoisotopic (exact) mass is 130 g/mol. The first-order valence-electron chi connectivity index (χ1n) is 3.32. The van der Waals surface area contributed by atoms with Crippen LogP contribution in [0.2, 0.25) is 18.6 Å². The Morgan fingerprint density at radius 3 is 2.00 bits per heavy atom. The van der Waals surface area contributed by atoms with Gasteiger partial charge >= 0.3 is 0 Å². The van der Waals surface area contributed by atoms with Crippen molar-refractivity contribution in [3.05, 3.63) is 0 Å². The van der Waals surface area contributed by atoms with E-state index in [-0.39, 0.29) is 0 Å². The first-order chi connectivity index (χ1) is 3.77. The van der Waals surface area contributed by atoms with Crippen molar-refractivity contribution in [2.75, 3.05) is 7.11 Å². The minimum atomic E-state index is -1.06. The van der Waals surface area contributed by atoms with Gasteiger partial charge in [0.25, 0.3) is 0 Å². The zero-order valence-electron chi connectivity index (χ0n) is 5.74. The van der Waals surface area contributed by atoms with Crippen LogP contribution in [0.4, 0.5) is 0 Å². The Morgan fingerprint density at radius 1 is 1.25 bits per heavy atom. The van der Waals surface area contributed by atoms with Gasteiger partial charge in [0.2, 0.25) is 0 Å². The van der Waals surface area contributed by atoms with Crippen LogP contribution in [0.1, 0.15) is 12.8 Å². The zero-order chi connectivity index (χ0) is 6.04. The van der Waals surface area contributed by atoms with Crippen LogP contribution in [0.15, 0.2) is 0 Å². The third-order valence-electron chi connectivity index (χ3n) is 2.15. The number of rotatable bonds is 1. The number of hydrogen-bond acceptors (Lipinski definition) is 1. The second-order valence-corrected chi connectivity index (χ2v) is 7.17. The van der Waals surface area contributed by atoms with Crippen molar-refractivity contribution in [2.24, 2.45) is 0 Å². The molecule has 0 amide bonds. The summed E-state index contributed by atoms with van der Waals surface area (Å²) in [5.41, 5.74) is 0. The van der Waals surface area contributed by atoms with Gasteiger partial charge in [-0.25, -0.2) is 0 Å². The second-order valence-electron chi connectivity index (χ2n) is 2.86. The van der Waals surface area contributed by atoms with E-state index in [0.717, 1.165) is 0 Å². The predicted molar refractivity (Wildman–Crippen MR) is 37.5 cm³/mol. The molecule has 0 N–H and O–H groups in total. The Labute approximate surface area is 52.2 Å². The summed E-state index contributed by atoms with van der Waals surface area (Å²) in [7, 11) is 0.812. The van der Waals surface area contributed by atoms with E-state index >= 15 is 0 Å². The highest BCUT2D eigenvalue weighted by molar-refractivity contribution is 6.73. The van der Waals surface area contributed by atoms with E-state index in [1.165, 1.54) is 24.9 Å². The summed E-state index contributed by atoms with van der Waals surface area (Å²) in [4.78, 5) is 0. The Morgan fingerprint density at radius 2 is 1.75 bits per heavy atom. The summed E-state index contributed by atoms with van der Waals surface area (Å²) in [6, 6.07) is 2.78. The van der Waals surface area contributed by atoms with Crippen LogP contribution in [0, 0.1) is 0 Å². The molecule has 1 nitrogen and oxygen atoms in total. The molecule has 1 heterocycles. The molecule has 8 heavy (non-hydrogen) atoms. The van der Waals surface area contributed by atoms with Gasteiger partial charge in [0.1, 0.15) is 0 Å². The van der Waals surface area contributed by atoms with Crippen molar-refractivity contribution in [2.45, 2.75) is 31.5 Å². The van der Waals surface area contributed by atoms with Gasteiger partial charge in [-0.2, -0.15) is 0 Å². The van der Waals surface area contributed by atoms with E-state index in [2.05, 4.69) is 6.55 Å². The van der Waals surface area contributed by atoms with Crippen LogP contribution < -0.4 is 0 Å². The minimum Gasteiger partial charge on any atom is -0.420 e. The molecule has 1 fully saturated rings. The fraction of sp³-hybridized carbons (Fsp3) is 1.00. The molecule has 0 unspecified atom stereocenters. The maximum absolute atomic E-state index is 5.44. The molecule has 0 atom stereocenters. The maximum Gasteiger partial charge on any atom is 0.189 e. The lowest BCUT2D eigenvalue weighted by atomic mass is 10.4. The molecule has 1 saturated heterocycles. The topological polar surface area (TPSA) is 9.23 Å². The predicted octanol–water partition coefficient (Wildman–Crippen LogP) is 2.00. The smallest absolute Gasteiger partial charge is 0.189 e. The molecule has 0 radical (unpaired) electrons. The summed E-state index contributed by atoms with van der Waals surface area (Å²) < 4.78 is 5.44. The third-order valence-corrected chi connectivity index (χ3v) is 5.96. The van der Waals surface area contributed by atoms with E-state index in [0.29, 0.717) is 0 Å². The van der Waals surface area contributed by atoms with Crippen LogP contribution in [0.25, 0.3) is 0 Å². The Bertz CT molecular complexity index is 76.6. The molecule has 0 aliphatic carbocycles. The van der Waals surface area contributed by atoms with Gasteiger partial charge in [0, 0.05) is 7.11 Å². The molecule has 48 valence electrons. The third kappa shape index (κ3) is 1.12. The van der Waals surface area contributed by atoms with Crippen molar-refractivity contribution in [1.82, 2.24) is 0 Å². The fourth-order valence-electron chi connectivity index (χ4n) is 1.33. The van der Waals surface area contributed by atoms with Gasteiger partial charge in [-0.15, -0.1) is 0 Å². The lowest BCUT2D eigenvalue weighted by molar-refractivity contribution is 0.403. The lowest BCUT2D eigenvalue weighted by Gasteiger charge is -2.16. The van der Waals surface area contributed by atoms with E-state index in [1.54, 1.807) is 0 Å². The average molecular weight is 130 g/mol. The van der Waals surface area contributed by atoms with E-state index in [4.69, 9.17) is 4.43 Å². The molecule has 0 aromatic rings. The van der Waals surface area contributed by atoms with Crippen molar-refractivity contribution in [3.8, 4) is 0 Å². The van der Waals surface area contributed by atoms with Gasteiger partial charge in [0.15, 0.2) is 8.32 Å². The Balaban J connectivity index is 2.40. The van der Waals surface area contributed by atoms with Gasteiger partial charge in [-0.1, -0.05) is 12.8 Å². The van der Waals surface area contributed by atoms with Crippen molar-refractivity contribution >= 4 is 8.32 Å². The highest BCUT2D eigenvalue weighted by atomic mass is 28.4. The van der Waals surface area contributed by atoms with Crippen molar-refractivity contribution in [1.29, 1.82) is 0 Å².